The van der Waals surface area contributed by atoms with E-state index < -0.39 is 0 Å². The van der Waals surface area contributed by atoms with Crippen LogP contribution >= 0.6 is 23.2 Å². The van der Waals surface area contributed by atoms with Crippen molar-refractivity contribution in [1.29, 1.82) is 0 Å². The first-order valence-corrected chi connectivity index (χ1v) is 9.35. The summed E-state index contributed by atoms with van der Waals surface area (Å²) in [4.78, 5) is 10.9. The van der Waals surface area contributed by atoms with E-state index in [0.29, 0.717) is 46.7 Å². The van der Waals surface area contributed by atoms with Crippen LogP contribution in [0.1, 0.15) is 24.5 Å². The lowest BCUT2D eigenvalue weighted by Crippen LogP contribution is -2.12. The zero-order chi connectivity index (χ0) is 20.5. The van der Waals surface area contributed by atoms with Gasteiger partial charge in [-0.25, -0.2) is 5.43 Å². The highest BCUT2D eigenvalue weighted by Crippen LogP contribution is 2.36. The van der Waals surface area contributed by atoms with Crippen LogP contribution in [0.25, 0.3) is 0 Å². The number of benzene rings is 2. The van der Waals surface area contributed by atoms with Gasteiger partial charge in [-0.15, -0.1) is 0 Å². The fraction of sp³-hybridized carbons (Fsp3) is 0.300. The Morgan fingerprint density at radius 2 is 1.89 bits per heavy atom. The maximum Gasteiger partial charge on any atom is 0.236 e. The molecule has 0 bridgehead atoms. The van der Waals surface area contributed by atoms with Gasteiger partial charge in [-0.1, -0.05) is 23.2 Å². The van der Waals surface area contributed by atoms with E-state index in [4.69, 9.17) is 37.4 Å². The summed E-state index contributed by atoms with van der Waals surface area (Å²) in [6, 6.07) is 8.93. The zero-order valence-electron chi connectivity index (χ0n) is 15.9. The molecule has 0 fully saturated rings. The highest BCUT2D eigenvalue weighted by molar-refractivity contribution is 6.32. The van der Waals surface area contributed by atoms with Crippen molar-refractivity contribution in [2.75, 3.05) is 20.3 Å². The van der Waals surface area contributed by atoms with Gasteiger partial charge in [-0.3, -0.25) is 4.79 Å². The van der Waals surface area contributed by atoms with Crippen LogP contribution in [0.5, 0.6) is 17.2 Å². The van der Waals surface area contributed by atoms with Gasteiger partial charge in [0.2, 0.25) is 5.91 Å². The van der Waals surface area contributed by atoms with Crippen molar-refractivity contribution in [2.45, 2.75) is 20.3 Å². The number of carbonyl (C=O) groups is 1. The minimum absolute atomic E-state index is 0.259. The molecule has 0 saturated carbocycles. The predicted molar refractivity (Wildman–Crippen MR) is 111 cm³/mol. The number of aryl methyl sites for hydroxylation is 1. The summed E-state index contributed by atoms with van der Waals surface area (Å²) in [5, 5.41) is 4.91. The Balaban J connectivity index is 1.89. The summed E-state index contributed by atoms with van der Waals surface area (Å²) in [6.45, 7) is 4.20. The molecule has 0 unspecified atom stereocenters. The molecule has 2 aromatic rings. The van der Waals surface area contributed by atoms with Crippen molar-refractivity contribution in [3.63, 3.8) is 0 Å². The molecule has 0 aliphatic heterocycles. The lowest BCUT2D eigenvalue weighted by molar-refractivity contribution is -0.118. The molecule has 0 spiro atoms. The molecule has 1 N–H and O–H groups in total. The van der Waals surface area contributed by atoms with E-state index >= 15 is 0 Å². The van der Waals surface area contributed by atoms with E-state index in [0.717, 1.165) is 11.3 Å². The van der Waals surface area contributed by atoms with Crippen LogP contribution in [-0.2, 0) is 4.79 Å². The van der Waals surface area contributed by atoms with Crippen molar-refractivity contribution in [3.8, 4) is 17.2 Å². The van der Waals surface area contributed by atoms with E-state index in [1.165, 1.54) is 20.2 Å². The fourth-order valence-electron chi connectivity index (χ4n) is 2.28. The number of nitrogens with zero attached hydrogens (tertiary/aromatic N) is 1. The van der Waals surface area contributed by atoms with Crippen LogP contribution in [0, 0.1) is 6.92 Å². The van der Waals surface area contributed by atoms with Crippen LogP contribution in [0.4, 0.5) is 0 Å². The Bertz CT molecular complexity index is 856. The van der Waals surface area contributed by atoms with Crippen LogP contribution in [0.15, 0.2) is 35.4 Å². The third kappa shape index (κ3) is 6.62. The normalized spacial score (nSPS) is 10.8. The summed E-state index contributed by atoms with van der Waals surface area (Å²) in [6.07, 6.45) is 2.13. The molecule has 150 valence electrons. The van der Waals surface area contributed by atoms with E-state index in [9.17, 15) is 4.79 Å². The highest BCUT2D eigenvalue weighted by atomic mass is 35.5. The average Bonchev–Trinajstić information content (AvgIpc) is 2.65. The molecule has 6 nitrogen and oxygen atoms in total. The molecule has 0 atom stereocenters. The molecule has 0 radical (unpaired) electrons. The van der Waals surface area contributed by atoms with Gasteiger partial charge in [-0.05, 0) is 48.4 Å². The standard InChI is InChI=1S/C20H22Cl2N2O4/c1-13-9-16(5-6-17(13)21)27-7-4-8-28-20-18(22)10-15(11-19(20)26-3)12-23-24-14(2)25/h5-6,9-12H,4,7-8H2,1-3H3,(H,24,25)/b23-12+. The van der Waals surface area contributed by atoms with Gasteiger partial charge in [0, 0.05) is 18.4 Å². The molecule has 0 saturated heterocycles. The molecule has 0 aliphatic rings. The first-order chi connectivity index (χ1) is 13.4. The Morgan fingerprint density at radius 3 is 2.57 bits per heavy atom. The number of rotatable bonds is 9. The van der Waals surface area contributed by atoms with Gasteiger partial charge >= 0.3 is 0 Å². The second kappa shape index (κ2) is 10.8. The Hall–Kier alpha value is -2.44. The van der Waals surface area contributed by atoms with Crippen molar-refractivity contribution in [1.82, 2.24) is 5.43 Å². The number of amides is 1. The second-order valence-electron chi connectivity index (χ2n) is 5.92. The first kappa shape index (κ1) is 21.9. The van der Waals surface area contributed by atoms with Crippen molar-refractivity contribution >= 4 is 35.3 Å². The summed E-state index contributed by atoms with van der Waals surface area (Å²) >= 11 is 12.3. The van der Waals surface area contributed by atoms with E-state index in [2.05, 4.69) is 10.5 Å². The van der Waals surface area contributed by atoms with E-state index in [-0.39, 0.29) is 5.91 Å². The number of carbonyl (C=O) groups excluding carboxylic acids is 1. The number of hydrogen-bond donors (Lipinski definition) is 1. The van der Waals surface area contributed by atoms with Crippen molar-refractivity contribution in [2.24, 2.45) is 5.10 Å². The highest BCUT2D eigenvalue weighted by Gasteiger charge is 2.11. The largest absolute Gasteiger partial charge is 0.493 e. The fourth-order valence-corrected chi connectivity index (χ4v) is 2.67. The molecular formula is C20H22Cl2N2O4. The Kier molecular flexibility index (Phi) is 8.42. The number of hydrogen-bond acceptors (Lipinski definition) is 5. The lowest BCUT2D eigenvalue weighted by atomic mass is 10.2. The number of halogens is 2. The van der Waals surface area contributed by atoms with Crippen LogP contribution in [0.2, 0.25) is 10.0 Å². The van der Waals surface area contributed by atoms with Crippen LogP contribution in [-0.4, -0.2) is 32.4 Å². The second-order valence-corrected chi connectivity index (χ2v) is 6.74. The molecule has 28 heavy (non-hydrogen) atoms. The van der Waals surface area contributed by atoms with Crippen LogP contribution < -0.4 is 19.6 Å². The Morgan fingerprint density at radius 1 is 1.14 bits per heavy atom. The molecule has 8 heteroatoms. The molecule has 0 heterocycles. The SMILES string of the molecule is COc1cc(/C=N/NC(C)=O)cc(Cl)c1OCCCOc1ccc(Cl)c(C)c1. The zero-order valence-corrected chi connectivity index (χ0v) is 17.4. The number of methoxy groups -OCH3 is 1. The monoisotopic (exact) mass is 424 g/mol. The number of nitrogens with one attached hydrogen (secondary N) is 1. The maximum atomic E-state index is 10.9. The van der Waals surface area contributed by atoms with Gasteiger partial charge in [0.15, 0.2) is 11.5 Å². The van der Waals surface area contributed by atoms with Gasteiger partial charge in [0.25, 0.3) is 0 Å². The third-order valence-electron chi connectivity index (χ3n) is 3.62. The maximum absolute atomic E-state index is 10.9. The Labute approximate surface area is 174 Å². The van der Waals surface area contributed by atoms with Crippen molar-refractivity contribution < 1.29 is 19.0 Å². The van der Waals surface area contributed by atoms with Gasteiger partial charge in [0.1, 0.15) is 5.75 Å². The molecule has 0 aliphatic carbocycles. The molecule has 2 rings (SSSR count). The summed E-state index contributed by atoms with van der Waals surface area (Å²) in [5.74, 6) is 1.43. The van der Waals surface area contributed by atoms with E-state index in [1.807, 2.05) is 25.1 Å². The van der Waals surface area contributed by atoms with Gasteiger partial charge in [-0.2, -0.15) is 5.10 Å². The average molecular weight is 425 g/mol. The smallest absolute Gasteiger partial charge is 0.236 e. The third-order valence-corrected chi connectivity index (χ3v) is 4.33. The van der Waals surface area contributed by atoms with Crippen LogP contribution in [0.3, 0.4) is 0 Å². The quantitative estimate of drug-likeness (QED) is 0.361. The molecule has 2 aromatic carbocycles. The molecular weight excluding hydrogens is 403 g/mol. The molecule has 1 amide bonds. The van der Waals surface area contributed by atoms with Crippen molar-refractivity contribution in [3.05, 3.63) is 51.5 Å². The summed E-state index contributed by atoms with van der Waals surface area (Å²) < 4.78 is 16.8. The van der Waals surface area contributed by atoms with E-state index in [1.54, 1.807) is 12.1 Å². The summed E-state index contributed by atoms with van der Waals surface area (Å²) in [7, 11) is 1.53. The predicted octanol–water partition coefficient (Wildman–Crippen LogP) is 4.63. The summed E-state index contributed by atoms with van der Waals surface area (Å²) in [5.41, 5.74) is 3.97. The topological polar surface area (TPSA) is 69.2 Å². The number of ether oxygens (including phenoxy) is 3. The van der Waals surface area contributed by atoms with Gasteiger partial charge < -0.3 is 14.2 Å². The first-order valence-electron chi connectivity index (χ1n) is 8.59. The lowest BCUT2D eigenvalue weighted by Gasteiger charge is -2.13. The number of hydrazone groups is 1. The minimum atomic E-state index is -0.259. The minimum Gasteiger partial charge on any atom is -0.493 e. The van der Waals surface area contributed by atoms with Gasteiger partial charge in [0.05, 0.1) is 31.6 Å². The molecule has 0 aromatic heterocycles.